The number of sulfonamides is 1. The zero-order valence-corrected chi connectivity index (χ0v) is 11.8. The summed E-state index contributed by atoms with van der Waals surface area (Å²) in [6, 6.07) is 0. The Morgan fingerprint density at radius 1 is 1.26 bits per heavy atom. The lowest BCUT2D eigenvalue weighted by Gasteiger charge is -2.33. The molecule has 0 bridgehead atoms. The predicted octanol–water partition coefficient (Wildman–Crippen LogP) is 1.84. The smallest absolute Gasteiger partial charge is 0.389 e. The first-order valence-corrected chi connectivity index (χ1v) is 7.26. The van der Waals surface area contributed by atoms with Crippen LogP contribution in [-0.4, -0.2) is 47.8 Å². The second-order valence-electron chi connectivity index (χ2n) is 4.56. The molecule has 0 amide bonds. The molecule has 0 aliphatic carbocycles. The zero-order valence-electron chi connectivity index (χ0n) is 11.0. The van der Waals surface area contributed by atoms with E-state index in [4.69, 9.17) is 5.11 Å². The van der Waals surface area contributed by atoms with Crippen LogP contribution in [-0.2, 0) is 14.8 Å². The summed E-state index contributed by atoms with van der Waals surface area (Å²) in [5.74, 6) is -2.08. The minimum absolute atomic E-state index is 0.117. The van der Waals surface area contributed by atoms with Gasteiger partial charge in [0.25, 0.3) is 0 Å². The van der Waals surface area contributed by atoms with Crippen molar-refractivity contribution in [2.45, 2.75) is 45.3 Å². The molecule has 0 heterocycles. The van der Waals surface area contributed by atoms with Crippen LogP contribution in [0.15, 0.2) is 0 Å². The molecule has 114 valence electrons. The molecule has 0 fully saturated rings. The largest absolute Gasteiger partial charge is 0.480 e. The van der Waals surface area contributed by atoms with Crippen molar-refractivity contribution in [3.05, 3.63) is 0 Å². The van der Waals surface area contributed by atoms with Gasteiger partial charge >= 0.3 is 12.1 Å². The molecule has 0 aromatic heterocycles. The first-order valence-electron chi connectivity index (χ1n) is 5.65. The van der Waals surface area contributed by atoms with Gasteiger partial charge in [-0.1, -0.05) is 6.92 Å². The normalized spacial score (nSPS) is 13.8. The average Bonchev–Trinajstić information content (AvgIpc) is 2.14. The summed E-state index contributed by atoms with van der Waals surface area (Å²) in [6.45, 7) is 3.71. The third kappa shape index (κ3) is 5.35. The number of nitrogens with zero attached hydrogens (tertiary/aromatic N) is 1. The van der Waals surface area contributed by atoms with Crippen molar-refractivity contribution in [3.8, 4) is 0 Å². The van der Waals surface area contributed by atoms with Gasteiger partial charge in [0.05, 0.1) is 5.75 Å². The van der Waals surface area contributed by atoms with Crippen LogP contribution in [0.25, 0.3) is 0 Å². The number of halogens is 3. The van der Waals surface area contributed by atoms with Crippen LogP contribution >= 0.6 is 0 Å². The summed E-state index contributed by atoms with van der Waals surface area (Å²) in [4.78, 5) is 11.0. The minimum atomic E-state index is -4.42. The van der Waals surface area contributed by atoms with Gasteiger partial charge in [0.1, 0.15) is 5.54 Å². The number of rotatable bonds is 7. The molecule has 5 nitrogen and oxygen atoms in total. The Labute approximate surface area is 110 Å². The lowest BCUT2D eigenvalue weighted by atomic mass is 10.1. The summed E-state index contributed by atoms with van der Waals surface area (Å²) >= 11 is 0. The highest BCUT2D eigenvalue weighted by Crippen LogP contribution is 2.24. The Balaban J connectivity index is 4.92. The maximum atomic E-state index is 12.0. The summed E-state index contributed by atoms with van der Waals surface area (Å²) in [5, 5.41) is 8.97. The number of hydrogen-bond donors (Lipinski definition) is 1. The van der Waals surface area contributed by atoms with Gasteiger partial charge in [0.2, 0.25) is 10.0 Å². The number of hydrogen-bond acceptors (Lipinski definition) is 3. The van der Waals surface area contributed by atoms with Gasteiger partial charge in [0.15, 0.2) is 0 Å². The Morgan fingerprint density at radius 2 is 1.74 bits per heavy atom. The Morgan fingerprint density at radius 3 is 2.05 bits per heavy atom. The van der Waals surface area contributed by atoms with E-state index >= 15 is 0 Å². The molecule has 9 heteroatoms. The topological polar surface area (TPSA) is 74.7 Å². The van der Waals surface area contributed by atoms with E-state index in [0.717, 1.165) is 0 Å². The average molecular weight is 305 g/mol. The molecular formula is C10H18F3NO4S. The second-order valence-corrected chi connectivity index (χ2v) is 6.58. The molecule has 0 unspecified atom stereocenters. The number of carbonyl (C=O) groups is 1. The van der Waals surface area contributed by atoms with E-state index < -0.39 is 46.3 Å². The van der Waals surface area contributed by atoms with Crippen LogP contribution in [0, 0.1) is 0 Å². The van der Waals surface area contributed by atoms with Crippen LogP contribution in [0.4, 0.5) is 13.2 Å². The van der Waals surface area contributed by atoms with Crippen LogP contribution in [0.3, 0.4) is 0 Å². The molecule has 0 aliphatic rings. The van der Waals surface area contributed by atoms with E-state index in [2.05, 4.69) is 0 Å². The lowest BCUT2D eigenvalue weighted by Crippen LogP contribution is -2.53. The monoisotopic (exact) mass is 305 g/mol. The van der Waals surface area contributed by atoms with Gasteiger partial charge < -0.3 is 5.11 Å². The first-order chi connectivity index (χ1) is 8.34. The van der Waals surface area contributed by atoms with Crippen molar-refractivity contribution in [2.24, 2.45) is 0 Å². The van der Waals surface area contributed by atoms with Gasteiger partial charge in [0, 0.05) is 13.0 Å². The number of carboxylic acid groups (broad SMARTS) is 1. The third-order valence-electron chi connectivity index (χ3n) is 2.63. The molecule has 0 saturated carbocycles. The molecule has 0 aromatic carbocycles. The van der Waals surface area contributed by atoms with E-state index in [1.54, 1.807) is 0 Å². The van der Waals surface area contributed by atoms with E-state index in [-0.39, 0.29) is 6.54 Å². The van der Waals surface area contributed by atoms with Gasteiger partial charge in [-0.2, -0.15) is 17.5 Å². The molecule has 0 saturated heterocycles. The molecule has 0 atom stereocenters. The number of alkyl halides is 3. The number of carboxylic acids is 1. The van der Waals surface area contributed by atoms with Crippen LogP contribution < -0.4 is 0 Å². The van der Waals surface area contributed by atoms with E-state index in [9.17, 15) is 26.4 Å². The minimum Gasteiger partial charge on any atom is -0.480 e. The van der Waals surface area contributed by atoms with E-state index in [0.29, 0.717) is 4.31 Å². The fraction of sp³-hybridized carbons (Fsp3) is 0.900. The van der Waals surface area contributed by atoms with Crippen LogP contribution in [0.1, 0.15) is 33.6 Å². The summed E-state index contributed by atoms with van der Waals surface area (Å²) in [6.07, 6.45) is -6.22. The number of likely N-dealkylation sites (N-methyl/N-ethyl adjacent to an activating group) is 1. The Kier molecular flexibility index (Phi) is 5.82. The highest BCUT2D eigenvalue weighted by molar-refractivity contribution is 7.89. The molecular weight excluding hydrogens is 287 g/mol. The fourth-order valence-corrected chi connectivity index (χ4v) is 3.51. The third-order valence-corrected chi connectivity index (χ3v) is 4.82. The summed E-state index contributed by atoms with van der Waals surface area (Å²) < 4.78 is 60.4. The quantitative estimate of drug-likeness (QED) is 0.779. The van der Waals surface area contributed by atoms with Crippen molar-refractivity contribution in [1.82, 2.24) is 4.31 Å². The first kappa shape index (κ1) is 18.2. The van der Waals surface area contributed by atoms with Crippen LogP contribution in [0.5, 0.6) is 0 Å². The van der Waals surface area contributed by atoms with Crippen molar-refractivity contribution in [2.75, 3.05) is 12.3 Å². The molecule has 0 radical (unpaired) electrons. The van der Waals surface area contributed by atoms with Gasteiger partial charge in [-0.25, -0.2) is 8.42 Å². The van der Waals surface area contributed by atoms with Crippen molar-refractivity contribution in [1.29, 1.82) is 0 Å². The standard InChI is InChI=1S/C10H18F3NO4S/c1-4-14(9(2,3)8(15)16)19(17,18)7-5-6-10(11,12)13/h4-7H2,1-3H3,(H,15,16). The molecule has 0 aromatic rings. The van der Waals surface area contributed by atoms with Gasteiger partial charge in [-0.15, -0.1) is 0 Å². The second kappa shape index (κ2) is 6.08. The van der Waals surface area contributed by atoms with Crippen LogP contribution in [0.2, 0.25) is 0 Å². The maximum absolute atomic E-state index is 12.0. The lowest BCUT2D eigenvalue weighted by molar-refractivity contribution is -0.146. The SMILES string of the molecule is CCN(C(C)(C)C(=O)O)S(=O)(=O)CCCC(F)(F)F. The van der Waals surface area contributed by atoms with Crippen molar-refractivity contribution < 1.29 is 31.5 Å². The molecule has 1 N–H and O–H groups in total. The molecule has 19 heavy (non-hydrogen) atoms. The predicted molar refractivity (Wildman–Crippen MR) is 63.2 cm³/mol. The molecule has 0 spiro atoms. The van der Waals surface area contributed by atoms with Gasteiger partial charge in [-0.05, 0) is 20.3 Å². The zero-order chi connectivity index (χ0) is 15.5. The highest BCUT2D eigenvalue weighted by Gasteiger charge is 2.41. The summed E-state index contributed by atoms with van der Waals surface area (Å²) in [7, 11) is -4.05. The van der Waals surface area contributed by atoms with Gasteiger partial charge in [-0.3, -0.25) is 4.79 Å². The number of aliphatic carboxylic acids is 1. The van der Waals surface area contributed by atoms with Crippen molar-refractivity contribution in [3.63, 3.8) is 0 Å². The Hall–Kier alpha value is -0.830. The molecule has 0 rings (SSSR count). The van der Waals surface area contributed by atoms with E-state index in [1.165, 1.54) is 20.8 Å². The Bertz CT molecular complexity index is 417. The maximum Gasteiger partial charge on any atom is 0.389 e. The fourth-order valence-electron chi connectivity index (χ4n) is 1.61. The van der Waals surface area contributed by atoms with Crippen molar-refractivity contribution >= 4 is 16.0 Å². The van der Waals surface area contributed by atoms with E-state index in [1.807, 2.05) is 0 Å². The molecule has 0 aliphatic heterocycles. The summed E-state index contributed by atoms with van der Waals surface area (Å²) in [5.41, 5.74) is -1.69. The highest BCUT2D eigenvalue weighted by atomic mass is 32.2.